The van der Waals surface area contributed by atoms with Crippen LogP contribution in [0.4, 0.5) is 0 Å². The zero-order chi connectivity index (χ0) is 18.8. The molecule has 1 N–H and O–H groups in total. The Morgan fingerprint density at radius 1 is 1.15 bits per heavy atom. The third-order valence-corrected chi connectivity index (χ3v) is 7.75. The van der Waals surface area contributed by atoms with Crippen molar-refractivity contribution in [3.05, 3.63) is 28.2 Å². The van der Waals surface area contributed by atoms with E-state index in [1.54, 1.807) is 6.07 Å². The molecule has 1 heterocycles. The van der Waals surface area contributed by atoms with Crippen molar-refractivity contribution < 1.29 is 13.2 Å². The molecule has 1 amide bonds. The molecule has 3 rings (SSSR count). The second-order valence-electron chi connectivity index (χ2n) is 6.96. The van der Waals surface area contributed by atoms with Crippen molar-refractivity contribution in [2.45, 2.75) is 55.4 Å². The van der Waals surface area contributed by atoms with Gasteiger partial charge in [0.25, 0.3) is 5.91 Å². The zero-order valence-corrected chi connectivity index (χ0v) is 16.9. The molecule has 26 heavy (non-hydrogen) atoms. The second-order valence-corrected chi connectivity index (χ2v) is 9.75. The van der Waals surface area contributed by atoms with Crippen molar-refractivity contribution in [2.75, 3.05) is 13.1 Å². The topological polar surface area (TPSA) is 90.3 Å². The Kier molecular flexibility index (Phi) is 5.70. The third kappa shape index (κ3) is 3.80. The quantitative estimate of drug-likeness (QED) is 0.779. The Labute approximate surface area is 162 Å². The maximum Gasteiger partial charge on any atom is 0.253 e. The first-order chi connectivity index (χ1) is 12.4. The zero-order valence-electron chi connectivity index (χ0n) is 14.5. The van der Waals surface area contributed by atoms with Gasteiger partial charge in [-0.3, -0.25) is 4.79 Å². The molecule has 1 saturated carbocycles. The molecule has 8 heteroatoms. The third-order valence-electron chi connectivity index (χ3n) is 5.16. The fraction of sp³-hybridized carbons (Fsp3) is 0.556. The average molecular weight is 440 g/mol. The number of carbonyl (C=O) groups is 1. The highest BCUT2D eigenvalue weighted by molar-refractivity contribution is 9.10. The van der Waals surface area contributed by atoms with E-state index in [0.717, 1.165) is 32.1 Å². The molecule has 2 aliphatic rings. The maximum atomic E-state index is 12.8. The molecule has 0 atom stereocenters. The largest absolute Gasteiger partial charge is 0.334 e. The lowest BCUT2D eigenvalue weighted by atomic mass is 9.82. The van der Waals surface area contributed by atoms with Crippen LogP contribution in [-0.2, 0) is 10.0 Å². The first-order valence-corrected chi connectivity index (χ1v) is 11.1. The van der Waals surface area contributed by atoms with Gasteiger partial charge in [-0.15, -0.1) is 0 Å². The molecule has 0 unspecified atom stereocenters. The summed E-state index contributed by atoms with van der Waals surface area (Å²) in [5.41, 5.74) is -0.621. The van der Waals surface area contributed by atoms with Crippen LogP contribution in [0.5, 0.6) is 0 Å². The van der Waals surface area contributed by atoms with Crippen molar-refractivity contribution in [1.82, 2.24) is 9.62 Å². The van der Waals surface area contributed by atoms with E-state index >= 15 is 0 Å². The predicted octanol–water partition coefficient (Wildman–Crippen LogP) is 3.19. The molecule has 1 saturated heterocycles. The fourth-order valence-electron chi connectivity index (χ4n) is 3.62. The number of nitrogens with one attached hydrogen (secondary N) is 1. The van der Waals surface area contributed by atoms with Crippen LogP contribution < -0.4 is 5.32 Å². The maximum absolute atomic E-state index is 12.8. The number of nitrogens with zero attached hydrogens (tertiary/aromatic N) is 2. The summed E-state index contributed by atoms with van der Waals surface area (Å²) >= 11 is 3.33. The molecule has 1 aliphatic carbocycles. The van der Waals surface area contributed by atoms with E-state index in [9.17, 15) is 18.5 Å². The minimum Gasteiger partial charge on any atom is -0.334 e. The lowest BCUT2D eigenvalue weighted by Gasteiger charge is -2.31. The van der Waals surface area contributed by atoms with E-state index in [1.807, 2.05) is 0 Å². The molecular weight excluding hydrogens is 418 g/mol. The summed E-state index contributed by atoms with van der Waals surface area (Å²) in [5.74, 6) is -0.418. The first-order valence-electron chi connectivity index (χ1n) is 8.91. The Morgan fingerprint density at radius 3 is 2.42 bits per heavy atom. The van der Waals surface area contributed by atoms with Gasteiger partial charge >= 0.3 is 0 Å². The molecule has 1 aromatic carbocycles. The van der Waals surface area contributed by atoms with E-state index in [4.69, 9.17) is 0 Å². The van der Waals surface area contributed by atoms with Gasteiger partial charge in [-0.05, 0) is 59.8 Å². The molecule has 6 nitrogen and oxygen atoms in total. The minimum atomic E-state index is -3.60. The summed E-state index contributed by atoms with van der Waals surface area (Å²) < 4.78 is 27.5. The van der Waals surface area contributed by atoms with Gasteiger partial charge in [-0.1, -0.05) is 19.3 Å². The van der Waals surface area contributed by atoms with Crippen LogP contribution in [0.1, 0.15) is 55.3 Å². The van der Waals surface area contributed by atoms with Crippen LogP contribution in [-0.4, -0.2) is 37.3 Å². The number of nitriles is 1. The number of halogens is 1. The molecule has 0 radical (unpaired) electrons. The van der Waals surface area contributed by atoms with Crippen LogP contribution in [0.3, 0.4) is 0 Å². The molecule has 1 aromatic rings. The standard InChI is InChI=1S/C18H22BrN3O3S/c19-16-7-6-14(26(24,25)22-10-4-5-11-22)12-15(16)17(23)21-18(13-20)8-2-1-3-9-18/h6-7,12H,1-5,8-11H2,(H,21,23). The van der Waals surface area contributed by atoms with Crippen molar-refractivity contribution >= 4 is 31.9 Å². The molecule has 1 aliphatic heterocycles. The lowest BCUT2D eigenvalue weighted by Crippen LogP contribution is -2.48. The number of carbonyl (C=O) groups excluding carboxylic acids is 1. The number of hydrogen-bond acceptors (Lipinski definition) is 4. The van der Waals surface area contributed by atoms with Crippen molar-refractivity contribution in [3.8, 4) is 6.07 Å². The van der Waals surface area contributed by atoms with Crippen LogP contribution in [0.25, 0.3) is 0 Å². The number of hydrogen-bond donors (Lipinski definition) is 1. The SMILES string of the molecule is N#CC1(NC(=O)c2cc(S(=O)(=O)N3CCCC3)ccc2Br)CCCCC1. The van der Waals surface area contributed by atoms with Gasteiger partial charge in [0, 0.05) is 17.6 Å². The van der Waals surface area contributed by atoms with E-state index in [-0.39, 0.29) is 10.5 Å². The first kappa shape index (κ1) is 19.3. The van der Waals surface area contributed by atoms with Crippen molar-refractivity contribution in [2.24, 2.45) is 0 Å². The second kappa shape index (κ2) is 7.67. The van der Waals surface area contributed by atoms with Gasteiger partial charge in [0.05, 0.1) is 16.5 Å². The van der Waals surface area contributed by atoms with Gasteiger partial charge < -0.3 is 5.32 Å². The highest BCUT2D eigenvalue weighted by Gasteiger charge is 2.35. The van der Waals surface area contributed by atoms with Crippen molar-refractivity contribution in [3.63, 3.8) is 0 Å². The molecule has 0 spiro atoms. The van der Waals surface area contributed by atoms with Crippen molar-refractivity contribution in [1.29, 1.82) is 5.26 Å². The van der Waals surface area contributed by atoms with Crippen LogP contribution in [0.15, 0.2) is 27.6 Å². The van der Waals surface area contributed by atoms with Gasteiger partial charge in [-0.2, -0.15) is 9.57 Å². The van der Waals surface area contributed by atoms with E-state index in [1.165, 1.54) is 16.4 Å². The van der Waals surface area contributed by atoms with Crippen LogP contribution >= 0.6 is 15.9 Å². The normalized spacial score (nSPS) is 20.5. The van der Waals surface area contributed by atoms with E-state index in [0.29, 0.717) is 30.4 Å². The Hall–Kier alpha value is -1.43. The highest BCUT2D eigenvalue weighted by atomic mass is 79.9. The fourth-order valence-corrected chi connectivity index (χ4v) is 5.59. The summed E-state index contributed by atoms with van der Waals surface area (Å²) in [6.07, 6.45) is 5.82. The van der Waals surface area contributed by atoms with Crippen LogP contribution in [0, 0.1) is 11.3 Å². The number of amides is 1. The Morgan fingerprint density at radius 2 is 1.81 bits per heavy atom. The molecule has 0 bridgehead atoms. The summed E-state index contributed by atoms with van der Waals surface area (Å²) in [4.78, 5) is 12.9. The Bertz CT molecular complexity index is 836. The predicted molar refractivity (Wildman–Crippen MR) is 101 cm³/mol. The Balaban J connectivity index is 1.88. The highest BCUT2D eigenvalue weighted by Crippen LogP contribution is 2.30. The summed E-state index contributed by atoms with van der Waals surface area (Å²) in [7, 11) is -3.60. The van der Waals surface area contributed by atoms with Gasteiger partial charge in [-0.25, -0.2) is 8.42 Å². The van der Waals surface area contributed by atoms with Gasteiger partial charge in [0.1, 0.15) is 5.54 Å². The van der Waals surface area contributed by atoms with E-state index in [2.05, 4.69) is 27.3 Å². The summed E-state index contributed by atoms with van der Waals surface area (Å²) in [6.45, 7) is 1.02. The summed E-state index contributed by atoms with van der Waals surface area (Å²) in [5, 5.41) is 12.4. The molecule has 2 fully saturated rings. The van der Waals surface area contributed by atoms with Crippen LogP contribution in [0.2, 0.25) is 0 Å². The smallest absolute Gasteiger partial charge is 0.253 e. The van der Waals surface area contributed by atoms with Gasteiger partial charge in [0.2, 0.25) is 10.0 Å². The monoisotopic (exact) mass is 439 g/mol. The van der Waals surface area contributed by atoms with E-state index < -0.39 is 21.5 Å². The minimum absolute atomic E-state index is 0.113. The van der Waals surface area contributed by atoms with Gasteiger partial charge in [0.15, 0.2) is 0 Å². The summed E-state index contributed by atoms with van der Waals surface area (Å²) in [6, 6.07) is 6.75. The lowest BCUT2D eigenvalue weighted by molar-refractivity contribution is 0.0901. The number of benzene rings is 1. The molecule has 140 valence electrons. The molecular formula is C18H22BrN3O3S. The number of rotatable bonds is 4. The average Bonchev–Trinajstić information content (AvgIpc) is 3.18. The molecule has 0 aromatic heterocycles. The number of sulfonamides is 1.